The number of nitrogens with zero attached hydrogens (tertiary/aromatic N) is 5. The van der Waals surface area contributed by atoms with E-state index in [0.29, 0.717) is 5.41 Å². The van der Waals surface area contributed by atoms with E-state index in [2.05, 4.69) is 19.8 Å². The highest BCUT2D eigenvalue weighted by atomic mass is 15.4. The smallest absolute Gasteiger partial charge is 0.225 e. The second-order valence-corrected chi connectivity index (χ2v) is 7.54. The zero-order valence-corrected chi connectivity index (χ0v) is 14.4. The average Bonchev–Trinajstić information content (AvgIpc) is 2.56. The summed E-state index contributed by atoms with van der Waals surface area (Å²) >= 11 is 0. The van der Waals surface area contributed by atoms with E-state index < -0.39 is 0 Å². The van der Waals surface area contributed by atoms with Crippen molar-refractivity contribution in [1.82, 2.24) is 14.9 Å². The summed E-state index contributed by atoms with van der Waals surface area (Å²) in [6, 6.07) is 1.85. The lowest BCUT2D eigenvalue weighted by molar-refractivity contribution is 0.0114. The molecule has 1 aliphatic heterocycles. The highest BCUT2D eigenvalue weighted by Crippen LogP contribution is 2.54. The van der Waals surface area contributed by atoms with Gasteiger partial charge >= 0.3 is 0 Å². The number of rotatable bonds is 4. The molecule has 0 unspecified atom stereocenters. The van der Waals surface area contributed by atoms with Gasteiger partial charge in [-0.1, -0.05) is 12.8 Å². The van der Waals surface area contributed by atoms with Crippen LogP contribution in [0.2, 0.25) is 0 Å². The fraction of sp³-hybridized carbons (Fsp3) is 0.722. The molecule has 1 aromatic rings. The molecule has 0 atom stereocenters. The van der Waals surface area contributed by atoms with Crippen LogP contribution in [-0.2, 0) is 0 Å². The van der Waals surface area contributed by atoms with Gasteiger partial charge in [-0.25, -0.2) is 9.97 Å². The largest absolute Gasteiger partial charge is 0.370 e. The van der Waals surface area contributed by atoms with Gasteiger partial charge in [0.2, 0.25) is 5.95 Å². The summed E-state index contributed by atoms with van der Waals surface area (Å²) in [5.74, 6) is 2.45. The van der Waals surface area contributed by atoms with Crippen molar-refractivity contribution in [2.75, 3.05) is 37.6 Å². The molecule has 0 spiro atoms. The molecule has 1 saturated heterocycles. The number of hydrogen-bond acceptors (Lipinski definition) is 4. The lowest BCUT2D eigenvalue weighted by atomic mass is 9.55. The Labute approximate surface area is 144 Å². The van der Waals surface area contributed by atoms with E-state index in [1.807, 2.05) is 6.07 Å². The summed E-state index contributed by atoms with van der Waals surface area (Å²) in [6.45, 7) is 4.52. The Morgan fingerprint density at radius 3 is 2.38 bits per heavy atom. The second kappa shape index (κ2) is 6.57. The highest BCUT2D eigenvalue weighted by molar-refractivity contribution is 5.78. The van der Waals surface area contributed by atoms with Crippen LogP contribution in [0.1, 0.15) is 38.5 Å². The molecular weight excluding hydrogens is 300 g/mol. The molecular formula is C18H28N6. The lowest BCUT2D eigenvalue weighted by Crippen LogP contribution is -2.52. The molecule has 0 aromatic carbocycles. The maximum Gasteiger partial charge on any atom is 0.225 e. The second-order valence-electron chi connectivity index (χ2n) is 7.54. The fourth-order valence-electron chi connectivity index (χ4n) is 4.28. The third-order valence-electron chi connectivity index (χ3n) is 6.32. The van der Waals surface area contributed by atoms with E-state index in [4.69, 9.17) is 10.7 Å². The summed E-state index contributed by atoms with van der Waals surface area (Å²) in [5, 5.41) is 0. The van der Waals surface area contributed by atoms with Crippen LogP contribution in [0, 0.1) is 11.3 Å². The Balaban J connectivity index is 1.32. The van der Waals surface area contributed by atoms with Gasteiger partial charge in [0, 0.05) is 45.1 Å². The van der Waals surface area contributed by atoms with Crippen molar-refractivity contribution in [3.8, 4) is 0 Å². The summed E-state index contributed by atoms with van der Waals surface area (Å²) in [7, 11) is 0. The van der Waals surface area contributed by atoms with E-state index >= 15 is 0 Å². The Hall–Kier alpha value is -1.85. The molecule has 0 bridgehead atoms. The van der Waals surface area contributed by atoms with Crippen molar-refractivity contribution >= 4 is 11.9 Å². The Morgan fingerprint density at radius 1 is 1.12 bits per heavy atom. The monoisotopic (exact) mass is 328 g/mol. The maximum absolute atomic E-state index is 6.30. The topological polar surface area (TPSA) is 70.6 Å². The van der Waals surface area contributed by atoms with Crippen LogP contribution in [0.4, 0.5) is 5.95 Å². The van der Waals surface area contributed by atoms with Crippen LogP contribution in [0.5, 0.6) is 0 Å². The van der Waals surface area contributed by atoms with E-state index in [0.717, 1.165) is 50.5 Å². The van der Waals surface area contributed by atoms with Gasteiger partial charge in [-0.05, 0) is 43.1 Å². The Bertz CT molecular complexity index is 570. The van der Waals surface area contributed by atoms with Crippen LogP contribution in [-0.4, -0.2) is 53.6 Å². The molecule has 24 heavy (non-hydrogen) atoms. The standard InChI is InChI=1S/C18H28N6/c19-16(22-14-18(6-2-7-18)15-4-1-5-15)23-10-12-24(13-11-23)17-20-8-3-9-21-17/h3,8-9,15H,1-2,4-7,10-14H2,(H2,19,22). The molecule has 130 valence electrons. The molecule has 0 radical (unpaired) electrons. The zero-order chi connectivity index (χ0) is 16.4. The van der Waals surface area contributed by atoms with Crippen LogP contribution in [0.3, 0.4) is 0 Å². The predicted octanol–water partition coefficient (Wildman–Crippen LogP) is 1.88. The van der Waals surface area contributed by atoms with Gasteiger partial charge in [-0.15, -0.1) is 0 Å². The Kier molecular flexibility index (Phi) is 4.29. The highest BCUT2D eigenvalue weighted by Gasteiger charge is 2.46. The first-order valence-electron chi connectivity index (χ1n) is 9.34. The van der Waals surface area contributed by atoms with Crippen LogP contribution in [0.15, 0.2) is 23.5 Å². The predicted molar refractivity (Wildman–Crippen MR) is 95.9 cm³/mol. The van der Waals surface area contributed by atoms with E-state index in [1.165, 1.54) is 38.5 Å². The van der Waals surface area contributed by atoms with Crippen molar-refractivity contribution < 1.29 is 0 Å². The van der Waals surface area contributed by atoms with Crippen molar-refractivity contribution in [3.05, 3.63) is 18.5 Å². The van der Waals surface area contributed by atoms with Gasteiger partial charge in [0.15, 0.2) is 5.96 Å². The Morgan fingerprint density at radius 2 is 1.83 bits per heavy atom. The minimum Gasteiger partial charge on any atom is -0.370 e. The number of hydrogen-bond donors (Lipinski definition) is 1. The van der Waals surface area contributed by atoms with E-state index in [1.54, 1.807) is 12.4 Å². The summed E-state index contributed by atoms with van der Waals surface area (Å²) in [4.78, 5) is 17.9. The number of nitrogens with two attached hydrogens (primary N) is 1. The summed E-state index contributed by atoms with van der Waals surface area (Å²) in [5.41, 5.74) is 6.79. The van der Waals surface area contributed by atoms with E-state index in [9.17, 15) is 0 Å². The molecule has 2 saturated carbocycles. The lowest BCUT2D eigenvalue weighted by Gasteiger charge is -2.51. The molecule has 2 heterocycles. The average molecular weight is 328 g/mol. The van der Waals surface area contributed by atoms with Crippen molar-refractivity contribution in [1.29, 1.82) is 0 Å². The molecule has 3 aliphatic rings. The molecule has 0 amide bonds. The first-order valence-corrected chi connectivity index (χ1v) is 9.34. The van der Waals surface area contributed by atoms with Crippen LogP contribution < -0.4 is 10.6 Å². The molecule has 2 N–H and O–H groups in total. The molecule has 6 heteroatoms. The van der Waals surface area contributed by atoms with Gasteiger partial charge in [-0.3, -0.25) is 4.99 Å². The van der Waals surface area contributed by atoms with Crippen LogP contribution in [0.25, 0.3) is 0 Å². The summed E-state index contributed by atoms with van der Waals surface area (Å²) in [6.07, 6.45) is 11.9. The first kappa shape index (κ1) is 15.7. The maximum atomic E-state index is 6.30. The minimum absolute atomic E-state index is 0.489. The first-order chi connectivity index (χ1) is 11.8. The SMILES string of the molecule is NC(=NCC1(C2CCC2)CCC1)N1CCN(c2ncccn2)CC1. The summed E-state index contributed by atoms with van der Waals surface area (Å²) < 4.78 is 0. The van der Waals surface area contributed by atoms with Crippen LogP contribution >= 0.6 is 0 Å². The molecule has 6 nitrogen and oxygen atoms in total. The number of aromatic nitrogens is 2. The number of anilines is 1. The molecule has 4 rings (SSSR count). The van der Waals surface area contributed by atoms with Gasteiger partial charge in [0.05, 0.1) is 0 Å². The molecule has 3 fully saturated rings. The number of piperazine rings is 1. The molecule has 2 aliphatic carbocycles. The normalized spacial score (nSPS) is 24.4. The van der Waals surface area contributed by atoms with Gasteiger partial charge in [-0.2, -0.15) is 0 Å². The third-order valence-corrected chi connectivity index (χ3v) is 6.32. The minimum atomic E-state index is 0.489. The third kappa shape index (κ3) is 2.94. The van der Waals surface area contributed by atoms with Gasteiger partial charge in [0.1, 0.15) is 0 Å². The van der Waals surface area contributed by atoms with Crippen molar-refractivity contribution in [3.63, 3.8) is 0 Å². The quantitative estimate of drug-likeness (QED) is 0.675. The fourth-order valence-corrected chi connectivity index (χ4v) is 4.28. The zero-order valence-electron chi connectivity index (χ0n) is 14.4. The van der Waals surface area contributed by atoms with Crippen molar-refractivity contribution in [2.45, 2.75) is 38.5 Å². The van der Waals surface area contributed by atoms with Crippen molar-refractivity contribution in [2.24, 2.45) is 22.1 Å². The molecule has 1 aromatic heterocycles. The van der Waals surface area contributed by atoms with Gasteiger partial charge < -0.3 is 15.5 Å². The van der Waals surface area contributed by atoms with Gasteiger partial charge in [0.25, 0.3) is 0 Å². The number of aliphatic imine (C=N–C) groups is 1. The number of guanidine groups is 1. The van der Waals surface area contributed by atoms with E-state index in [-0.39, 0.29) is 0 Å².